The Labute approximate surface area is 136 Å². The predicted octanol–water partition coefficient (Wildman–Crippen LogP) is 4.10. The molecule has 6 heteroatoms. The Morgan fingerprint density at radius 2 is 1.95 bits per heavy atom. The van der Waals surface area contributed by atoms with Crippen LogP contribution in [0.2, 0.25) is 0 Å². The molecule has 3 aromatic rings. The van der Waals surface area contributed by atoms with Crippen LogP contribution in [0.15, 0.2) is 51.6 Å². The van der Waals surface area contributed by atoms with Crippen LogP contribution < -0.4 is 5.32 Å². The molecule has 0 fully saturated rings. The van der Waals surface area contributed by atoms with Crippen molar-refractivity contribution >= 4 is 27.5 Å². The van der Waals surface area contributed by atoms with Crippen LogP contribution in [0.3, 0.4) is 0 Å². The number of rotatable bonds is 3. The lowest BCUT2D eigenvalue weighted by molar-refractivity contribution is 0.0995. The average molecular weight is 360 g/mol. The quantitative estimate of drug-likeness (QED) is 0.765. The molecular weight excluding hydrogens is 346 g/mol. The number of nitrogens with zero attached hydrogens (tertiary/aromatic N) is 2. The minimum absolute atomic E-state index is 0.242. The SMILES string of the molecule is Cc1nn(-c2ccccc2)c(C)c1NC(=O)c1occc1Br. The van der Waals surface area contributed by atoms with Crippen LogP contribution in [0, 0.1) is 13.8 Å². The third kappa shape index (κ3) is 2.57. The number of para-hydroxylation sites is 1. The highest BCUT2D eigenvalue weighted by Crippen LogP contribution is 2.25. The minimum Gasteiger partial charge on any atom is -0.458 e. The summed E-state index contributed by atoms with van der Waals surface area (Å²) in [6, 6.07) is 11.5. The molecule has 3 rings (SSSR count). The fourth-order valence-electron chi connectivity index (χ4n) is 2.27. The third-order valence-corrected chi connectivity index (χ3v) is 3.98. The van der Waals surface area contributed by atoms with Gasteiger partial charge >= 0.3 is 0 Å². The highest BCUT2D eigenvalue weighted by molar-refractivity contribution is 9.10. The number of hydrogen-bond donors (Lipinski definition) is 1. The Hall–Kier alpha value is -2.34. The van der Waals surface area contributed by atoms with Crippen LogP contribution in [0.4, 0.5) is 5.69 Å². The van der Waals surface area contributed by atoms with Crippen molar-refractivity contribution in [3.63, 3.8) is 0 Å². The lowest BCUT2D eigenvalue weighted by Gasteiger charge is -2.06. The normalized spacial score (nSPS) is 10.7. The van der Waals surface area contributed by atoms with E-state index in [9.17, 15) is 4.79 Å². The van der Waals surface area contributed by atoms with Gasteiger partial charge in [-0.1, -0.05) is 18.2 Å². The van der Waals surface area contributed by atoms with Gasteiger partial charge in [-0.3, -0.25) is 4.79 Å². The molecule has 0 aliphatic heterocycles. The molecule has 1 amide bonds. The highest BCUT2D eigenvalue weighted by Gasteiger charge is 2.19. The van der Waals surface area contributed by atoms with Crippen molar-refractivity contribution in [2.45, 2.75) is 13.8 Å². The molecule has 0 unspecified atom stereocenters. The molecule has 0 spiro atoms. The molecule has 2 heterocycles. The fourth-order valence-corrected chi connectivity index (χ4v) is 2.65. The monoisotopic (exact) mass is 359 g/mol. The van der Waals surface area contributed by atoms with Crippen molar-refractivity contribution in [1.82, 2.24) is 9.78 Å². The summed E-state index contributed by atoms with van der Waals surface area (Å²) in [6.07, 6.45) is 1.46. The first-order valence-electron chi connectivity index (χ1n) is 6.74. The predicted molar refractivity (Wildman–Crippen MR) is 87.4 cm³/mol. The third-order valence-electron chi connectivity index (χ3n) is 3.35. The number of anilines is 1. The molecule has 0 radical (unpaired) electrons. The Kier molecular flexibility index (Phi) is 3.85. The Bertz CT molecular complexity index is 821. The number of aromatic nitrogens is 2. The van der Waals surface area contributed by atoms with Crippen LogP contribution in [0.5, 0.6) is 0 Å². The van der Waals surface area contributed by atoms with Gasteiger partial charge in [-0.2, -0.15) is 5.10 Å². The maximum atomic E-state index is 12.3. The van der Waals surface area contributed by atoms with Crippen molar-refractivity contribution in [2.75, 3.05) is 5.32 Å². The van der Waals surface area contributed by atoms with Crippen LogP contribution in [0.1, 0.15) is 21.9 Å². The molecule has 1 aromatic carbocycles. The number of aryl methyl sites for hydroxylation is 1. The standard InChI is InChI=1S/C16H14BrN3O2/c1-10-14(18-16(21)15-13(17)8-9-22-15)11(2)20(19-10)12-6-4-3-5-7-12/h3-9H,1-2H3,(H,18,21). The Morgan fingerprint density at radius 3 is 2.59 bits per heavy atom. The van der Waals surface area contributed by atoms with Crippen molar-refractivity contribution in [1.29, 1.82) is 0 Å². The van der Waals surface area contributed by atoms with Gasteiger partial charge in [-0.05, 0) is 48.0 Å². The minimum atomic E-state index is -0.310. The average Bonchev–Trinajstić information content (AvgIpc) is 3.06. The topological polar surface area (TPSA) is 60.1 Å². The van der Waals surface area contributed by atoms with Gasteiger partial charge in [0.15, 0.2) is 0 Å². The van der Waals surface area contributed by atoms with E-state index in [2.05, 4.69) is 26.3 Å². The van der Waals surface area contributed by atoms with E-state index in [4.69, 9.17) is 4.42 Å². The van der Waals surface area contributed by atoms with Crippen LogP contribution in [-0.4, -0.2) is 15.7 Å². The molecule has 22 heavy (non-hydrogen) atoms. The summed E-state index contributed by atoms with van der Waals surface area (Å²) in [7, 11) is 0. The molecule has 0 saturated heterocycles. The van der Waals surface area contributed by atoms with Gasteiger partial charge in [0.05, 0.1) is 33.5 Å². The largest absolute Gasteiger partial charge is 0.458 e. The lowest BCUT2D eigenvalue weighted by atomic mass is 10.3. The Balaban J connectivity index is 1.94. The van der Waals surface area contributed by atoms with Crippen molar-refractivity contribution in [3.05, 3.63) is 64.3 Å². The van der Waals surface area contributed by atoms with E-state index < -0.39 is 0 Å². The van der Waals surface area contributed by atoms with Gasteiger partial charge in [0.2, 0.25) is 5.76 Å². The van der Waals surface area contributed by atoms with Crippen molar-refractivity contribution in [3.8, 4) is 5.69 Å². The second-order valence-corrected chi connectivity index (χ2v) is 5.70. The van der Waals surface area contributed by atoms with Crippen molar-refractivity contribution < 1.29 is 9.21 Å². The first kappa shape index (κ1) is 14.6. The zero-order valence-electron chi connectivity index (χ0n) is 12.1. The fraction of sp³-hybridized carbons (Fsp3) is 0.125. The van der Waals surface area contributed by atoms with E-state index in [0.717, 1.165) is 17.1 Å². The van der Waals surface area contributed by atoms with Gasteiger partial charge in [0.25, 0.3) is 5.91 Å². The molecule has 0 atom stereocenters. The summed E-state index contributed by atoms with van der Waals surface area (Å²) in [5.74, 6) is -0.0676. The summed E-state index contributed by atoms with van der Waals surface area (Å²) in [4.78, 5) is 12.3. The van der Waals surface area contributed by atoms with Gasteiger partial charge < -0.3 is 9.73 Å². The van der Waals surface area contributed by atoms with E-state index in [1.807, 2.05) is 48.9 Å². The summed E-state index contributed by atoms with van der Waals surface area (Å²) >= 11 is 3.28. The lowest BCUT2D eigenvalue weighted by Crippen LogP contribution is -2.12. The number of benzene rings is 1. The molecule has 0 aliphatic rings. The van der Waals surface area contributed by atoms with E-state index in [1.54, 1.807) is 6.07 Å². The van der Waals surface area contributed by atoms with Crippen LogP contribution >= 0.6 is 15.9 Å². The summed E-state index contributed by atoms with van der Waals surface area (Å²) in [5.41, 5.74) is 3.25. The molecule has 0 bridgehead atoms. The molecule has 1 N–H and O–H groups in total. The number of furan rings is 1. The van der Waals surface area contributed by atoms with Crippen LogP contribution in [-0.2, 0) is 0 Å². The second-order valence-electron chi connectivity index (χ2n) is 4.84. The first-order valence-corrected chi connectivity index (χ1v) is 7.53. The van der Waals surface area contributed by atoms with Gasteiger partial charge in [-0.15, -0.1) is 0 Å². The molecule has 2 aromatic heterocycles. The van der Waals surface area contributed by atoms with Gasteiger partial charge in [-0.25, -0.2) is 4.68 Å². The molecule has 0 saturated carbocycles. The zero-order chi connectivity index (χ0) is 15.7. The zero-order valence-corrected chi connectivity index (χ0v) is 13.7. The second kappa shape index (κ2) is 5.81. The molecule has 112 valence electrons. The van der Waals surface area contributed by atoms with Crippen LogP contribution in [0.25, 0.3) is 5.69 Å². The Morgan fingerprint density at radius 1 is 1.23 bits per heavy atom. The molecule has 5 nitrogen and oxygen atoms in total. The van der Waals surface area contributed by atoms with E-state index in [1.165, 1.54) is 6.26 Å². The summed E-state index contributed by atoms with van der Waals surface area (Å²) in [5, 5.41) is 7.36. The number of carbonyl (C=O) groups is 1. The molecule has 0 aliphatic carbocycles. The number of nitrogens with one attached hydrogen (secondary N) is 1. The van der Waals surface area contributed by atoms with E-state index in [0.29, 0.717) is 10.2 Å². The smallest absolute Gasteiger partial charge is 0.292 e. The summed E-state index contributed by atoms with van der Waals surface area (Å²) < 4.78 is 7.61. The number of carbonyl (C=O) groups excluding carboxylic acids is 1. The highest BCUT2D eigenvalue weighted by atomic mass is 79.9. The van der Waals surface area contributed by atoms with Crippen molar-refractivity contribution in [2.24, 2.45) is 0 Å². The van der Waals surface area contributed by atoms with Gasteiger partial charge in [0, 0.05) is 0 Å². The number of hydrogen-bond acceptors (Lipinski definition) is 3. The summed E-state index contributed by atoms with van der Waals surface area (Å²) in [6.45, 7) is 3.78. The first-order chi connectivity index (χ1) is 10.6. The maximum Gasteiger partial charge on any atom is 0.292 e. The maximum absolute atomic E-state index is 12.3. The van der Waals surface area contributed by atoms with E-state index >= 15 is 0 Å². The van der Waals surface area contributed by atoms with E-state index in [-0.39, 0.29) is 11.7 Å². The molecular formula is C16H14BrN3O2. The number of amides is 1. The number of halogens is 1. The van der Waals surface area contributed by atoms with Gasteiger partial charge in [0.1, 0.15) is 0 Å².